The van der Waals surface area contributed by atoms with E-state index in [9.17, 15) is 14.7 Å². The topological polar surface area (TPSA) is 119 Å². The van der Waals surface area contributed by atoms with Crippen LogP contribution < -0.4 is 15.0 Å². The van der Waals surface area contributed by atoms with Gasteiger partial charge in [-0.3, -0.25) is 4.79 Å². The minimum atomic E-state index is -0.989. The van der Waals surface area contributed by atoms with Crippen molar-refractivity contribution in [1.82, 2.24) is 10.2 Å². The van der Waals surface area contributed by atoms with Gasteiger partial charge in [0.05, 0.1) is 51.3 Å². The lowest BCUT2D eigenvalue weighted by Crippen LogP contribution is -2.56. The van der Waals surface area contributed by atoms with E-state index in [0.717, 1.165) is 47.6 Å². The van der Waals surface area contributed by atoms with Crippen molar-refractivity contribution in [2.75, 3.05) is 65.2 Å². The van der Waals surface area contributed by atoms with Crippen LogP contribution in [0.5, 0.6) is 5.75 Å². The summed E-state index contributed by atoms with van der Waals surface area (Å²) in [5, 5.41) is 13.3. The summed E-state index contributed by atoms with van der Waals surface area (Å²) in [6.07, 6.45) is 0.609. The molecular weight excluding hydrogens is 590 g/mol. The number of rotatable bonds is 16. The van der Waals surface area contributed by atoms with Gasteiger partial charge in [0, 0.05) is 51.8 Å². The number of anilines is 1. The predicted octanol–water partition coefficient (Wildman–Crippen LogP) is 4.81. The molecule has 2 aromatic carbocycles. The maximum Gasteiger partial charge on any atom is 0.407 e. The second-order valence-electron chi connectivity index (χ2n) is 12.8. The summed E-state index contributed by atoms with van der Waals surface area (Å²) in [5.74, 6) is 0.663. The molecule has 11 nitrogen and oxygen atoms in total. The Balaban J connectivity index is 1.55. The molecule has 0 radical (unpaired) electrons. The molecule has 0 aliphatic carbocycles. The molecule has 2 heterocycles. The Bertz CT molecular complexity index is 1270. The number of carboxylic acid groups (broad SMARTS) is 1. The summed E-state index contributed by atoms with van der Waals surface area (Å²) < 4.78 is 28.6. The molecule has 2 amide bonds. The lowest BCUT2D eigenvalue weighted by Gasteiger charge is -2.45. The zero-order valence-corrected chi connectivity index (χ0v) is 28.0. The highest BCUT2D eigenvalue weighted by Crippen LogP contribution is 2.38. The van der Waals surface area contributed by atoms with Crippen LogP contribution in [0.3, 0.4) is 0 Å². The highest BCUT2D eigenvalue weighted by Gasteiger charge is 2.41. The number of methoxy groups -OCH3 is 2. The number of fused-ring (bicyclic) bond motifs is 1. The fraction of sp³-hybridized carbons (Fsp3) is 0.600. The first kappa shape index (κ1) is 35.5. The Hall–Kier alpha value is -3.38. The summed E-state index contributed by atoms with van der Waals surface area (Å²) in [4.78, 5) is 28.3. The van der Waals surface area contributed by atoms with Gasteiger partial charge in [0.25, 0.3) is 0 Å². The van der Waals surface area contributed by atoms with Crippen LogP contribution in [0.1, 0.15) is 62.6 Å². The maximum absolute atomic E-state index is 12.6. The van der Waals surface area contributed by atoms with Crippen LogP contribution >= 0.6 is 0 Å². The summed E-state index contributed by atoms with van der Waals surface area (Å²) >= 11 is 0. The number of carbonyl (C=O) groups excluding carboxylic acids is 1. The van der Waals surface area contributed by atoms with Gasteiger partial charge in [-0.15, -0.1) is 0 Å². The van der Waals surface area contributed by atoms with Crippen LogP contribution in [0.4, 0.5) is 10.5 Å². The van der Waals surface area contributed by atoms with Crippen LogP contribution in [0, 0.1) is 0 Å². The molecule has 0 aromatic heterocycles. The van der Waals surface area contributed by atoms with Gasteiger partial charge in [0.15, 0.2) is 0 Å². The van der Waals surface area contributed by atoms with Crippen LogP contribution in [-0.2, 0) is 37.0 Å². The molecule has 2 aliphatic rings. The smallest absolute Gasteiger partial charge is 0.407 e. The monoisotopic (exact) mass is 641 g/mol. The minimum Gasteiger partial charge on any atom is -0.490 e. The Morgan fingerprint density at radius 2 is 1.76 bits per heavy atom. The zero-order valence-electron chi connectivity index (χ0n) is 28.0. The molecule has 46 heavy (non-hydrogen) atoms. The van der Waals surface area contributed by atoms with Crippen LogP contribution in [0.2, 0.25) is 0 Å². The van der Waals surface area contributed by atoms with Crippen molar-refractivity contribution in [3.8, 4) is 5.75 Å². The maximum atomic E-state index is 12.6. The number of nitrogens with zero attached hydrogens (tertiary/aromatic N) is 2. The van der Waals surface area contributed by atoms with Gasteiger partial charge in [0.2, 0.25) is 5.91 Å². The van der Waals surface area contributed by atoms with Gasteiger partial charge in [-0.25, -0.2) is 4.79 Å². The van der Waals surface area contributed by atoms with E-state index in [1.807, 2.05) is 26.0 Å². The molecule has 2 aromatic rings. The van der Waals surface area contributed by atoms with Gasteiger partial charge >= 0.3 is 6.09 Å². The molecule has 2 N–H and O–H groups in total. The Kier molecular flexibility index (Phi) is 13.1. The number of hydrogen-bond acceptors (Lipinski definition) is 8. The molecule has 3 atom stereocenters. The van der Waals surface area contributed by atoms with E-state index in [-0.39, 0.29) is 30.5 Å². The van der Waals surface area contributed by atoms with Crippen LogP contribution in [0.15, 0.2) is 42.5 Å². The van der Waals surface area contributed by atoms with E-state index in [2.05, 4.69) is 40.5 Å². The van der Waals surface area contributed by atoms with Crippen molar-refractivity contribution in [1.29, 1.82) is 0 Å². The van der Waals surface area contributed by atoms with Gasteiger partial charge in [0.1, 0.15) is 12.4 Å². The third-order valence-corrected chi connectivity index (χ3v) is 8.63. The largest absolute Gasteiger partial charge is 0.490 e. The molecule has 1 fully saturated rings. The van der Waals surface area contributed by atoms with Crippen molar-refractivity contribution in [2.45, 2.75) is 76.9 Å². The Morgan fingerprint density at radius 1 is 1.02 bits per heavy atom. The van der Waals surface area contributed by atoms with E-state index in [4.69, 9.17) is 23.7 Å². The number of amides is 2. The molecule has 1 saturated heterocycles. The zero-order chi connectivity index (χ0) is 33.1. The van der Waals surface area contributed by atoms with Crippen molar-refractivity contribution in [3.05, 3.63) is 59.2 Å². The summed E-state index contributed by atoms with van der Waals surface area (Å²) in [7, 11) is 3.36. The van der Waals surface area contributed by atoms with Crippen molar-refractivity contribution in [3.63, 3.8) is 0 Å². The highest BCUT2D eigenvalue weighted by atomic mass is 16.5. The molecule has 0 saturated carbocycles. The van der Waals surface area contributed by atoms with E-state index < -0.39 is 11.6 Å². The number of likely N-dealkylation sites (tertiary alicyclic amines) is 1. The van der Waals surface area contributed by atoms with E-state index in [1.54, 1.807) is 14.2 Å². The van der Waals surface area contributed by atoms with Gasteiger partial charge in [-0.2, -0.15) is 0 Å². The highest BCUT2D eigenvalue weighted by molar-refractivity contribution is 5.73. The molecular formula is C35H51N3O8. The third-order valence-electron chi connectivity index (χ3n) is 8.63. The molecule has 2 aliphatic heterocycles. The second kappa shape index (κ2) is 17.0. The number of nitrogens with one attached hydrogen (secondary N) is 1. The minimum absolute atomic E-state index is 0.0521. The van der Waals surface area contributed by atoms with Gasteiger partial charge < -0.3 is 43.9 Å². The molecule has 4 rings (SSSR count). The van der Waals surface area contributed by atoms with Crippen LogP contribution in [-0.4, -0.2) is 100.0 Å². The number of benzene rings is 2. The first-order valence-electron chi connectivity index (χ1n) is 16.1. The first-order chi connectivity index (χ1) is 22.1. The summed E-state index contributed by atoms with van der Waals surface area (Å²) in [6, 6.07) is 14.1. The predicted molar refractivity (Wildman–Crippen MR) is 176 cm³/mol. The van der Waals surface area contributed by atoms with Crippen molar-refractivity contribution in [2.24, 2.45) is 0 Å². The molecule has 0 bridgehead atoms. The lowest BCUT2D eigenvalue weighted by molar-refractivity contribution is -0.120. The molecule has 0 spiro atoms. The van der Waals surface area contributed by atoms with Crippen molar-refractivity contribution < 1.29 is 38.4 Å². The molecule has 0 unspecified atom stereocenters. The number of hydrogen-bond donors (Lipinski definition) is 2. The van der Waals surface area contributed by atoms with E-state index in [1.165, 1.54) is 11.8 Å². The standard InChI is InChI=1S/C35H51N3O8/c1-25(39)36-35(2,3)21-29-20-30(28-10-7-26(8-11-28)23-44-18-17-43-5)33(22-38(29)34(40)41)46-24-27-9-12-32-31(19-27)37(14-16-45-32)13-6-15-42-4/h7-12,19,29-30,33H,6,13-18,20-24H2,1-5H3,(H,36,39)(H,40,41)/t29-,30-,33+/m1/s1. The SMILES string of the molecule is COCCCN1CCOc2ccc(CO[C@H]3CN(C(=O)O)[C@@H](CC(C)(C)NC(C)=O)C[C@@H]3c3ccc(COCCOC)cc3)cc21. The van der Waals surface area contributed by atoms with E-state index >= 15 is 0 Å². The van der Waals surface area contributed by atoms with Gasteiger partial charge in [-0.05, 0) is 61.9 Å². The Labute approximate surface area is 273 Å². The first-order valence-corrected chi connectivity index (χ1v) is 16.1. The number of ether oxygens (including phenoxy) is 5. The lowest BCUT2D eigenvalue weighted by atomic mass is 9.79. The number of piperidine rings is 1. The van der Waals surface area contributed by atoms with Crippen molar-refractivity contribution >= 4 is 17.7 Å². The van der Waals surface area contributed by atoms with Gasteiger partial charge in [-0.1, -0.05) is 30.3 Å². The van der Waals surface area contributed by atoms with E-state index in [0.29, 0.717) is 52.5 Å². The quantitative estimate of drug-likeness (QED) is 0.249. The second-order valence-corrected chi connectivity index (χ2v) is 12.8. The molecule has 254 valence electrons. The Morgan fingerprint density at radius 3 is 2.46 bits per heavy atom. The summed E-state index contributed by atoms with van der Waals surface area (Å²) in [6.45, 7) is 10.5. The molecule has 11 heteroatoms. The fourth-order valence-corrected chi connectivity index (χ4v) is 6.54. The average Bonchev–Trinajstić information content (AvgIpc) is 3.02. The number of carbonyl (C=O) groups is 2. The average molecular weight is 642 g/mol. The van der Waals surface area contributed by atoms with Crippen LogP contribution in [0.25, 0.3) is 0 Å². The normalized spacial score (nSPS) is 19.8. The summed E-state index contributed by atoms with van der Waals surface area (Å²) in [5.41, 5.74) is 3.60. The third kappa shape index (κ3) is 10.1. The fourth-order valence-electron chi connectivity index (χ4n) is 6.54.